The number of hydrogen-bond donors (Lipinski definition) is 3. The summed E-state index contributed by atoms with van der Waals surface area (Å²) in [4.78, 5) is 144. The van der Waals surface area contributed by atoms with Crippen molar-refractivity contribution in [3.63, 3.8) is 0 Å². The van der Waals surface area contributed by atoms with Crippen LogP contribution in [0.1, 0.15) is 176 Å². The first-order valence-corrected chi connectivity index (χ1v) is 27.3. The molecule has 1 unspecified atom stereocenters. The highest BCUT2D eigenvalue weighted by Crippen LogP contribution is 2.25. The van der Waals surface area contributed by atoms with Crippen LogP contribution in [0.4, 0.5) is 14.4 Å². The van der Waals surface area contributed by atoms with Gasteiger partial charge in [-0.05, 0) is 123 Å². The highest BCUT2D eigenvalue weighted by molar-refractivity contribution is 6.28. The summed E-state index contributed by atoms with van der Waals surface area (Å²) in [5, 5.41) is 7.04. The van der Waals surface area contributed by atoms with E-state index in [2.05, 4.69) is 50.1 Å². The summed E-state index contributed by atoms with van der Waals surface area (Å²) < 4.78 is 56.0. The monoisotopic (exact) mass is 1230 g/mol. The molecular formula is C60H93N6O21+3. The first kappa shape index (κ1) is 82.4. The van der Waals surface area contributed by atoms with Crippen LogP contribution in [0.5, 0.6) is 0 Å². The molecule has 0 spiro atoms. The van der Waals surface area contributed by atoms with Gasteiger partial charge in [0.2, 0.25) is 29.9 Å². The minimum absolute atomic E-state index is 0. The fraction of sp³-hybridized carbons (Fsp3) is 0.600. The Balaban J connectivity index is -0.00000122. The van der Waals surface area contributed by atoms with Gasteiger partial charge in [0.15, 0.2) is 0 Å². The topological polar surface area (TPSA) is 366 Å². The molecule has 0 aromatic heterocycles. The lowest BCUT2D eigenvalue weighted by molar-refractivity contribution is -0.179. The third-order valence-corrected chi connectivity index (χ3v) is 9.96. The summed E-state index contributed by atoms with van der Waals surface area (Å²) in [6, 6.07) is 5.07. The van der Waals surface area contributed by atoms with E-state index in [0.717, 1.165) is 18.6 Å². The molecule has 0 bridgehead atoms. The molecule has 27 nitrogen and oxygen atoms in total. The van der Waals surface area contributed by atoms with Crippen LogP contribution < -0.4 is 30.0 Å². The lowest BCUT2D eigenvalue weighted by Gasteiger charge is -2.24. The second-order valence-corrected chi connectivity index (χ2v) is 22.6. The molecule has 3 N–H and O–H groups in total. The molecular weight excluding hydrogens is 1140 g/mol. The maximum Gasteiger partial charge on any atom is 0.411 e. The van der Waals surface area contributed by atoms with E-state index < -0.39 is 126 Å². The summed E-state index contributed by atoms with van der Waals surface area (Å²) >= 11 is 0. The van der Waals surface area contributed by atoms with Gasteiger partial charge in [0.05, 0.1) is 34.6 Å². The van der Waals surface area contributed by atoms with Crippen LogP contribution in [-0.2, 0) is 85.8 Å². The smallest absolute Gasteiger partial charge is 0.411 e. The van der Waals surface area contributed by atoms with Crippen LogP contribution in [0.3, 0.4) is 0 Å². The Bertz CT molecular complexity index is 2510. The third kappa shape index (κ3) is 39.5. The van der Waals surface area contributed by atoms with Crippen molar-refractivity contribution in [1.29, 1.82) is 0 Å². The Labute approximate surface area is 509 Å². The normalized spacial score (nSPS) is 12.7. The molecule has 0 heterocycles. The molecule has 3 amide bonds. The van der Waals surface area contributed by atoms with Gasteiger partial charge in [-0.15, -0.1) is 14.0 Å². The van der Waals surface area contributed by atoms with Gasteiger partial charge in [-0.3, -0.25) is 28.8 Å². The van der Waals surface area contributed by atoms with Crippen LogP contribution in [0.2, 0.25) is 0 Å². The predicted molar refractivity (Wildman–Crippen MR) is 324 cm³/mol. The molecule has 1 aromatic carbocycles. The van der Waals surface area contributed by atoms with E-state index in [1.807, 2.05) is 0 Å². The van der Waals surface area contributed by atoms with Gasteiger partial charge in [-0.1, -0.05) is 37.8 Å². The number of nitrogens with one attached hydrogen (secondary N) is 3. The van der Waals surface area contributed by atoms with Gasteiger partial charge < -0.3 is 58.6 Å². The number of alkyl carbamates (subject to hydrolysis) is 3. The number of ketones is 3. The van der Waals surface area contributed by atoms with Gasteiger partial charge in [-0.25, -0.2) is 28.8 Å². The molecule has 0 aliphatic heterocycles. The Morgan fingerprint density at radius 3 is 0.931 bits per heavy atom. The summed E-state index contributed by atoms with van der Waals surface area (Å²) in [5.41, 5.74) is -1.91. The molecule has 486 valence electrons. The third-order valence-electron chi connectivity index (χ3n) is 9.96. The highest BCUT2D eigenvalue weighted by atomic mass is 16.7. The molecule has 27 heteroatoms. The minimum Gasteiger partial charge on any atom is -0.461 e. The second kappa shape index (κ2) is 41.3. The number of rotatable bonds is 28. The van der Waals surface area contributed by atoms with Crippen molar-refractivity contribution in [3.8, 4) is 0 Å². The standard InChI is InChI=1S/C23H30N2O7.2C18H28N2O7.CH4/c1-15(2)30-19(27)18(13-12-17(26)14-24-6)25-22(29)32-20(16-10-8-7-9-11-16)31-21(28)23(3,4)5;2*1-11(2)25-15(22)14(9-8-13(21)10-19-7)20-17(24)27-12(3)26-16(23)18(4,5)6;/h7-11,14-15,18,20H,6,12-13H2,1-5H3;2*10-12,14H,7-9H2,1-6H3;1H4/p+3/t18-,20?;12-,14+;12-,14-;/m010./s1. The summed E-state index contributed by atoms with van der Waals surface area (Å²) in [5.74, 6) is -4.87. The predicted octanol–water partition coefficient (Wildman–Crippen LogP) is 5.46. The largest absolute Gasteiger partial charge is 0.461 e. The Kier molecular flexibility index (Phi) is 39.1. The zero-order chi connectivity index (χ0) is 66.7. The molecule has 0 saturated heterocycles. The average Bonchev–Trinajstić information content (AvgIpc) is 3.57. The Morgan fingerprint density at radius 1 is 0.414 bits per heavy atom. The number of carbonyl (C=O) groups excluding carboxylic acids is 12. The van der Waals surface area contributed by atoms with E-state index >= 15 is 0 Å². The van der Waals surface area contributed by atoms with Crippen molar-refractivity contribution in [3.05, 3.63) is 35.9 Å². The number of Topliss-reactive ketones (excluding diaryl/α,β-unsaturated/α-hetero) is 3. The Hall–Kier alpha value is -8.79. The molecule has 0 aliphatic carbocycles. The van der Waals surface area contributed by atoms with Gasteiger partial charge in [0.1, 0.15) is 18.1 Å². The lowest BCUT2D eigenvalue weighted by atomic mass is 9.97. The molecule has 0 saturated carbocycles. The summed E-state index contributed by atoms with van der Waals surface area (Å²) in [7, 11) is 0. The maximum atomic E-state index is 12.6. The Morgan fingerprint density at radius 2 is 0.678 bits per heavy atom. The van der Waals surface area contributed by atoms with Crippen molar-refractivity contribution in [2.45, 2.75) is 219 Å². The number of ether oxygens (including phenoxy) is 9. The van der Waals surface area contributed by atoms with E-state index in [0.29, 0.717) is 5.56 Å². The lowest BCUT2D eigenvalue weighted by Crippen LogP contribution is -2.44. The number of hydrogen-bond acceptors (Lipinski definition) is 21. The zero-order valence-electron chi connectivity index (χ0n) is 52.6. The van der Waals surface area contributed by atoms with E-state index in [1.54, 1.807) is 134 Å². The average molecular weight is 1230 g/mol. The van der Waals surface area contributed by atoms with Gasteiger partial charge >= 0.3 is 72.7 Å². The zero-order valence-corrected chi connectivity index (χ0v) is 52.6. The van der Waals surface area contributed by atoms with Crippen molar-refractivity contribution < 1.29 is 100 Å². The fourth-order valence-electron chi connectivity index (χ4n) is 5.72. The van der Waals surface area contributed by atoms with Crippen LogP contribution >= 0.6 is 0 Å². The number of benzene rings is 1. The highest BCUT2D eigenvalue weighted by Gasteiger charge is 2.34. The first-order valence-electron chi connectivity index (χ1n) is 27.3. The minimum atomic E-state index is -1.33. The second-order valence-electron chi connectivity index (χ2n) is 22.6. The molecule has 0 radical (unpaired) electrons. The van der Waals surface area contributed by atoms with Crippen molar-refractivity contribution >= 4 is 110 Å². The summed E-state index contributed by atoms with van der Waals surface area (Å²) in [6.45, 7) is 37.2. The van der Waals surface area contributed by atoms with Crippen molar-refractivity contribution in [2.75, 3.05) is 0 Å². The fourth-order valence-corrected chi connectivity index (χ4v) is 5.72. The molecule has 0 aliphatic rings. The van der Waals surface area contributed by atoms with Gasteiger partial charge in [0.25, 0.3) is 26.4 Å². The molecule has 0 fully saturated rings. The van der Waals surface area contributed by atoms with Crippen molar-refractivity contribution in [1.82, 2.24) is 30.0 Å². The van der Waals surface area contributed by atoms with E-state index in [4.69, 9.17) is 42.6 Å². The van der Waals surface area contributed by atoms with Gasteiger partial charge in [0, 0.05) is 38.7 Å². The number of amides is 3. The van der Waals surface area contributed by atoms with E-state index in [9.17, 15) is 57.5 Å². The number of nitrogens with zero attached hydrogens (tertiary/aromatic N) is 3. The molecule has 1 aromatic rings. The number of carbonyl (C=O) groups is 12. The molecule has 1 rings (SSSR count). The maximum absolute atomic E-state index is 12.6. The number of esters is 6. The van der Waals surface area contributed by atoms with Crippen LogP contribution in [-0.4, -0.2) is 159 Å². The quantitative estimate of drug-likeness (QED) is 0.0308. The van der Waals surface area contributed by atoms with Crippen molar-refractivity contribution in [2.24, 2.45) is 16.2 Å². The van der Waals surface area contributed by atoms with E-state index in [-0.39, 0.29) is 63.3 Å². The SMILES string of the molecule is C.C=[N+]=CC(=O)CC[C@H](NC(=O)OC(OC(=O)C(C)(C)C)c1ccccc1)C(=O)OC(C)C.C=[N+]=CC(=O)CC[C@H](NC(=O)O[C@@H](C)OC(=O)C(C)(C)C)C(=O)OC(C)C.C=[N+]=CC(=O)CC[C@H](NC(=O)O[C@H](C)OC(=O)C(C)(C)C)C(=O)OC(C)C. The van der Waals surface area contributed by atoms with Crippen LogP contribution in [0, 0.1) is 16.2 Å². The van der Waals surface area contributed by atoms with Crippen LogP contribution in [0.25, 0.3) is 0 Å². The summed E-state index contributed by atoms with van der Waals surface area (Å²) in [6.07, 6.45) is -4.99. The van der Waals surface area contributed by atoms with Crippen LogP contribution in [0.15, 0.2) is 30.3 Å². The molecule has 6 atom stereocenters. The first-order chi connectivity index (χ1) is 39.7. The van der Waals surface area contributed by atoms with E-state index in [1.165, 1.54) is 13.8 Å². The van der Waals surface area contributed by atoms with Gasteiger partial charge in [-0.2, -0.15) is 0 Å². The molecule has 87 heavy (non-hydrogen) atoms.